The molecule has 0 spiro atoms. The Morgan fingerprint density at radius 1 is 1.64 bits per heavy atom. The van der Waals surface area contributed by atoms with Crippen LogP contribution in [0.25, 0.3) is 5.65 Å². The van der Waals surface area contributed by atoms with E-state index in [1.165, 1.54) is 16.8 Å². The Kier molecular flexibility index (Phi) is 1.70. The predicted octanol–water partition coefficient (Wildman–Crippen LogP) is 1.69. The molecule has 0 aliphatic carbocycles. The van der Waals surface area contributed by atoms with Gasteiger partial charge in [-0.15, -0.1) is 0 Å². The fourth-order valence-corrected chi connectivity index (χ4v) is 1.25. The van der Waals surface area contributed by atoms with Crippen LogP contribution in [0.1, 0.15) is 5.69 Å². The highest BCUT2D eigenvalue weighted by Crippen LogP contribution is 2.17. The standard InChI is InChI=1S/C8H6FN3O2/c1-5-3-10-8-7(9)2-6(12(13)14)4-11(5)8/h2-4H,1H3. The average molecular weight is 195 g/mol. The summed E-state index contributed by atoms with van der Waals surface area (Å²) in [5, 5.41) is 10.4. The lowest BCUT2D eigenvalue weighted by Crippen LogP contribution is -1.96. The Hall–Kier alpha value is -1.98. The van der Waals surface area contributed by atoms with E-state index in [1.54, 1.807) is 6.92 Å². The number of nitrogens with zero attached hydrogens (tertiary/aromatic N) is 3. The highest BCUT2D eigenvalue weighted by molar-refractivity contribution is 5.47. The SMILES string of the molecule is Cc1cnc2c(F)cc([N+](=O)[O-])cn12. The zero-order chi connectivity index (χ0) is 10.3. The number of pyridine rings is 1. The smallest absolute Gasteiger partial charge is 0.288 e. The lowest BCUT2D eigenvalue weighted by atomic mass is 10.4. The summed E-state index contributed by atoms with van der Waals surface area (Å²) in [4.78, 5) is 13.6. The molecule has 2 aromatic heterocycles. The van der Waals surface area contributed by atoms with E-state index >= 15 is 0 Å². The van der Waals surface area contributed by atoms with Crippen LogP contribution >= 0.6 is 0 Å². The summed E-state index contributed by atoms with van der Waals surface area (Å²) in [5.74, 6) is -0.688. The molecule has 0 atom stereocenters. The Morgan fingerprint density at radius 3 is 3.00 bits per heavy atom. The minimum Gasteiger partial charge on any atom is -0.295 e. The maximum atomic E-state index is 13.2. The molecular formula is C8H6FN3O2. The van der Waals surface area contributed by atoms with E-state index in [4.69, 9.17) is 0 Å². The van der Waals surface area contributed by atoms with Crippen molar-refractivity contribution in [1.82, 2.24) is 9.38 Å². The van der Waals surface area contributed by atoms with Gasteiger partial charge in [-0.1, -0.05) is 0 Å². The molecule has 0 radical (unpaired) electrons. The molecule has 0 amide bonds. The molecule has 0 aromatic carbocycles. The predicted molar refractivity (Wildman–Crippen MR) is 46.5 cm³/mol. The molecule has 0 fully saturated rings. The van der Waals surface area contributed by atoms with Crippen LogP contribution < -0.4 is 0 Å². The minimum atomic E-state index is -0.688. The third-order valence-corrected chi connectivity index (χ3v) is 1.94. The van der Waals surface area contributed by atoms with Gasteiger partial charge in [-0.3, -0.25) is 14.5 Å². The summed E-state index contributed by atoms with van der Waals surface area (Å²) in [6, 6.07) is 0.863. The molecule has 0 aliphatic heterocycles. The van der Waals surface area contributed by atoms with Crippen LogP contribution in [-0.4, -0.2) is 14.3 Å². The highest BCUT2D eigenvalue weighted by Gasteiger charge is 2.13. The number of hydrogen-bond donors (Lipinski definition) is 0. The first-order chi connectivity index (χ1) is 6.59. The molecule has 0 saturated heterocycles. The molecule has 5 nitrogen and oxygen atoms in total. The van der Waals surface area contributed by atoms with Crippen LogP contribution in [0.2, 0.25) is 0 Å². The molecule has 0 bridgehead atoms. The fourth-order valence-electron chi connectivity index (χ4n) is 1.25. The first-order valence-corrected chi connectivity index (χ1v) is 3.87. The normalized spacial score (nSPS) is 10.7. The first-order valence-electron chi connectivity index (χ1n) is 3.87. The molecule has 0 saturated carbocycles. The van der Waals surface area contributed by atoms with Crippen LogP contribution in [0.3, 0.4) is 0 Å². The second-order valence-corrected chi connectivity index (χ2v) is 2.90. The Bertz CT molecular complexity index is 521. The minimum absolute atomic E-state index is 0.105. The van der Waals surface area contributed by atoms with E-state index in [0.29, 0.717) is 5.69 Å². The van der Waals surface area contributed by atoms with Crippen molar-refractivity contribution < 1.29 is 9.31 Å². The number of nitro groups is 1. The van der Waals surface area contributed by atoms with Gasteiger partial charge in [-0.05, 0) is 6.92 Å². The molecule has 0 N–H and O–H groups in total. The van der Waals surface area contributed by atoms with E-state index in [9.17, 15) is 14.5 Å². The van der Waals surface area contributed by atoms with Crippen LogP contribution in [0.4, 0.5) is 10.1 Å². The quantitative estimate of drug-likeness (QED) is 0.513. The number of aryl methyl sites for hydroxylation is 1. The second kappa shape index (κ2) is 2.76. The first kappa shape index (κ1) is 8.61. The Balaban J connectivity index is 2.82. The molecule has 0 unspecified atom stereocenters. The second-order valence-electron chi connectivity index (χ2n) is 2.90. The van der Waals surface area contributed by atoms with E-state index in [-0.39, 0.29) is 11.3 Å². The molecular weight excluding hydrogens is 189 g/mol. The third-order valence-electron chi connectivity index (χ3n) is 1.94. The molecule has 2 heterocycles. The van der Waals surface area contributed by atoms with Crippen molar-refractivity contribution in [2.45, 2.75) is 6.92 Å². The van der Waals surface area contributed by atoms with E-state index < -0.39 is 10.7 Å². The fraction of sp³-hybridized carbons (Fsp3) is 0.125. The third kappa shape index (κ3) is 1.12. The van der Waals surface area contributed by atoms with Crippen molar-refractivity contribution in [3.05, 3.63) is 40.1 Å². The number of aromatic nitrogens is 2. The van der Waals surface area contributed by atoms with Gasteiger partial charge >= 0.3 is 0 Å². The largest absolute Gasteiger partial charge is 0.295 e. The number of fused-ring (bicyclic) bond motifs is 1. The van der Waals surface area contributed by atoms with E-state index in [1.807, 2.05) is 0 Å². The van der Waals surface area contributed by atoms with Crippen LogP contribution in [0.5, 0.6) is 0 Å². The topological polar surface area (TPSA) is 60.4 Å². The van der Waals surface area contributed by atoms with Gasteiger partial charge in [0.25, 0.3) is 5.69 Å². The molecule has 14 heavy (non-hydrogen) atoms. The Morgan fingerprint density at radius 2 is 2.36 bits per heavy atom. The molecule has 2 rings (SSSR count). The van der Waals surface area contributed by atoms with Gasteiger partial charge in [0.05, 0.1) is 17.2 Å². The van der Waals surface area contributed by atoms with E-state index in [0.717, 1.165) is 6.07 Å². The lowest BCUT2D eigenvalue weighted by molar-refractivity contribution is -0.385. The average Bonchev–Trinajstić information content (AvgIpc) is 2.48. The van der Waals surface area contributed by atoms with Gasteiger partial charge in [0.2, 0.25) is 0 Å². The molecule has 2 aromatic rings. The number of halogens is 1. The zero-order valence-corrected chi connectivity index (χ0v) is 7.27. The highest BCUT2D eigenvalue weighted by atomic mass is 19.1. The van der Waals surface area contributed by atoms with Crippen molar-refractivity contribution in [3.63, 3.8) is 0 Å². The zero-order valence-electron chi connectivity index (χ0n) is 7.27. The van der Waals surface area contributed by atoms with Crippen LogP contribution in [0.15, 0.2) is 18.5 Å². The van der Waals surface area contributed by atoms with Crippen molar-refractivity contribution in [2.24, 2.45) is 0 Å². The van der Waals surface area contributed by atoms with Crippen LogP contribution in [0, 0.1) is 22.9 Å². The summed E-state index contributed by atoms with van der Waals surface area (Å²) in [6.07, 6.45) is 2.71. The monoisotopic (exact) mass is 195 g/mol. The lowest BCUT2D eigenvalue weighted by Gasteiger charge is -1.97. The molecule has 72 valence electrons. The van der Waals surface area contributed by atoms with Gasteiger partial charge in [-0.25, -0.2) is 9.37 Å². The van der Waals surface area contributed by atoms with Crippen molar-refractivity contribution >= 4 is 11.3 Å². The molecule has 0 aliphatic rings. The van der Waals surface area contributed by atoms with Gasteiger partial charge in [0.15, 0.2) is 11.5 Å². The van der Waals surface area contributed by atoms with Gasteiger partial charge < -0.3 is 0 Å². The summed E-state index contributed by atoms with van der Waals surface area (Å²) in [7, 11) is 0. The maximum Gasteiger partial charge on any atom is 0.288 e. The van der Waals surface area contributed by atoms with Crippen LogP contribution in [-0.2, 0) is 0 Å². The van der Waals surface area contributed by atoms with Crippen molar-refractivity contribution in [3.8, 4) is 0 Å². The van der Waals surface area contributed by atoms with Gasteiger partial charge in [-0.2, -0.15) is 0 Å². The molecule has 6 heteroatoms. The van der Waals surface area contributed by atoms with Gasteiger partial charge in [0.1, 0.15) is 0 Å². The number of rotatable bonds is 1. The maximum absolute atomic E-state index is 13.2. The summed E-state index contributed by atoms with van der Waals surface area (Å²) < 4.78 is 14.6. The van der Waals surface area contributed by atoms with Crippen molar-refractivity contribution in [2.75, 3.05) is 0 Å². The number of imidazole rings is 1. The summed E-state index contributed by atoms with van der Waals surface area (Å²) in [5.41, 5.74) is 0.479. The van der Waals surface area contributed by atoms with Crippen molar-refractivity contribution in [1.29, 1.82) is 0 Å². The summed E-state index contributed by atoms with van der Waals surface area (Å²) >= 11 is 0. The van der Waals surface area contributed by atoms with E-state index in [2.05, 4.69) is 4.98 Å². The Labute approximate surface area is 78.0 Å². The number of hydrogen-bond acceptors (Lipinski definition) is 3. The van der Waals surface area contributed by atoms with Gasteiger partial charge in [0, 0.05) is 11.9 Å². The summed E-state index contributed by atoms with van der Waals surface area (Å²) in [6.45, 7) is 1.70.